The van der Waals surface area contributed by atoms with E-state index in [2.05, 4.69) is 9.62 Å². The fourth-order valence-corrected chi connectivity index (χ4v) is 5.93. The van der Waals surface area contributed by atoms with Gasteiger partial charge in [-0.1, -0.05) is 11.6 Å². The van der Waals surface area contributed by atoms with Gasteiger partial charge in [-0.2, -0.15) is 11.8 Å². The van der Waals surface area contributed by atoms with Gasteiger partial charge in [0.25, 0.3) is 0 Å². The molecule has 0 bridgehead atoms. The second kappa shape index (κ2) is 7.91. The van der Waals surface area contributed by atoms with E-state index in [1.54, 1.807) is 0 Å². The highest BCUT2D eigenvalue weighted by atomic mass is 35.5. The summed E-state index contributed by atoms with van der Waals surface area (Å²) < 4.78 is 40.4. The van der Waals surface area contributed by atoms with E-state index < -0.39 is 15.8 Å². The minimum atomic E-state index is -3.65. The number of thioether (sulfide) groups is 1. The molecule has 1 aromatic carbocycles. The van der Waals surface area contributed by atoms with E-state index in [9.17, 15) is 12.8 Å². The van der Waals surface area contributed by atoms with Crippen LogP contribution in [0.2, 0.25) is 5.02 Å². The van der Waals surface area contributed by atoms with E-state index in [1.165, 1.54) is 24.0 Å². The Morgan fingerprint density at radius 1 is 1.29 bits per heavy atom. The maximum Gasteiger partial charge on any atom is 0.240 e. The Bertz CT molecular complexity index is 673. The van der Waals surface area contributed by atoms with E-state index >= 15 is 0 Å². The van der Waals surface area contributed by atoms with Gasteiger partial charge in [-0.15, -0.1) is 0 Å². The average molecular weight is 393 g/mol. The number of piperidine rings is 1. The summed E-state index contributed by atoms with van der Waals surface area (Å²) in [6.07, 6.45) is 3.29. The predicted octanol–water partition coefficient (Wildman–Crippen LogP) is 2.97. The van der Waals surface area contributed by atoms with Crippen molar-refractivity contribution >= 4 is 33.4 Å². The first-order valence-electron chi connectivity index (χ1n) is 8.22. The van der Waals surface area contributed by atoms with Crippen LogP contribution in [0.4, 0.5) is 4.39 Å². The van der Waals surface area contributed by atoms with Crippen LogP contribution in [0.25, 0.3) is 0 Å². The molecule has 0 radical (unpaired) electrons. The number of hydrogen-bond donors (Lipinski definition) is 1. The van der Waals surface area contributed by atoms with Crippen molar-refractivity contribution < 1.29 is 12.8 Å². The lowest BCUT2D eigenvalue weighted by atomic mass is 9.96. The number of nitrogens with zero attached hydrogens (tertiary/aromatic N) is 1. The second-order valence-corrected chi connectivity index (χ2v) is 9.75. The molecule has 2 aliphatic heterocycles. The van der Waals surface area contributed by atoms with Crippen molar-refractivity contribution in [2.45, 2.75) is 30.2 Å². The summed E-state index contributed by atoms with van der Waals surface area (Å²) in [6, 6.07) is 4.17. The smallest absolute Gasteiger partial charge is 0.240 e. The molecule has 4 nitrogen and oxygen atoms in total. The van der Waals surface area contributed by atoms with E-state index in [1.807, 2.05) is 11.8 Å². The van der Waals surface area contributed by atoms with Gasteiger partial charge in [0.05, 0.1) is 9.92 Å². The highest BCUT2D eigenvalue weighted by molar-refractivity contribution is 7.99. The summed E-state index contributed by atoms with van der Waals surface area (Å²) >= 11 is 7.69. The van der Waals surface area contributed by atoms with Crippen LogP contribution < -0.4 is 4.72 Å². The third-order valence-corrected chi connectivity index (χ3v) is 7.69. The van der Waals surface area contributed by atoms with Crippen LogP contribution in [0.5, 0.6) is 0 Å². The zero-order chi connectivity index (χ0) is 17.2. The molecule has 1 aromatic rings. The summed E-state index contributed by atoms with van der Waals surface area (Å²) in [5.74, 6) is 2.21. The Kier molecular flexibility index (Phi) is 6.08. The average Bonchev–Trinajstić information content (AvgIpc) is 3.10. The molecule has 0 spiro atoms. The second-order valence-electron chi connectivity index (χ2n) is 6.42. The van der Waals surface area contributed by atoms with Crippen molar-refractivity contribution in [3.05, 3.63) is 29.0 Å². The third kappa shape index (κ3) is 4.43. The lowest BCUT2D eigenvalue weighted by Gasteiger charge is -2.35. The molecule has 134 valence electrons. The molecule has 2 saturated heterocycles. The van der Waals surface area contributed by atoms with Crippen molar-refractivity contribution in [1.82, 2.24) is 9.62 Å². The molecule has 8 heteroatoms. The number of rotatable bonds is 5. The number of likely N-dealkylation sites (tertiary alicyclic amines) is 1. The maximum atomic E-state index is 13.2. The van der Waals surface area contributed by atoms with Crippen LogP contribution in [-0.4, -0.2) is 50.5 Å². The summed E-state index contributed by atoms with van der Waals surface area (Å²) in [7, 11) is -3.65. The normalized spacial score (nSPS) is 23.7. The van der Waals surface area contributed by atoms with E-state index in [-0.39, 0.29) is 9.92 Å². The summed E-state index contributed by atoms with van der Waals surface area (Å²) in [5.41, 5.74) is 0. The molecule has 0 unspecified atom stereocenters. The zero-order valence-electron chi connectivity index (χ0n) is 13.4. The molecule has 3 rings (SSSR count). The minimum absolute atomic E-state index is 0.00863. The monoisotopic (exact) mass is 392 g/mol. The highest BCUT2D eigenvalue weighted by Crippen LogP contribution is 2.27. The van der Waals surface area contributed by atoms with E-state index in [0.29, 0.717) is 18.5 Å². The maximum absolute atomic E-state index is 13.2. The lowest BCUT2D eigenvalue weighted by molar-refractivity contribution is 0.145. The van der Waals surface area contributed by atoms with Crippen molar-refractivity contribution in [2.75, 3.05) is 31.1 Å². The summed E-state index contributed by atoms with van der Waals surface area (Å²) in [4.78, 5) is 2.56. The SMILES string of the molecule is O=S(=O)(NCC1CCN([C@H]2CCSC2)CC1)c1ccc(F)c(Cl)c1. The quantitative estimate of drug-likeness (QED) is 0.836. The first-order chi connectivity index (χ1) is 11.5. The topological polar surface area (TPSA) is 49.4 Å². The largest absolute Gasteiger partial charge is 0.300 e. The first kappa shape index (κ1) is 18.5. The van der Waals surface area contributed by atoms with E-state index in [0.717, 1.165) is 38.1 Å². The van der Waals surface area contributed by atoms with Gasteiger partial charge in [0.2, 0.25) is 10.0 Å². The molecule has 1 N–H and O–H groups in total. The van der Waals surface area contributed by atoms with Crippen LogP contribution in [0.3, 0.4) is 0 Å². The van der Waals surface area contributed by atoms with Crippen molar-refractivity contribution in [2.24, 2.45) is 5.92 Å². The van der Waals surface area contributed by atoms with Gasteiger partial charge < -0.3 is 0 Å². The lowest BCUT2D eigenvalue weighted by Crippen LogP contribution is -2.43. The van der Waals surface area contributed by atoms with Crippen molar-refractivity contribution in [1.29, 1.82) is 0 Å². The number of halogens is 2. The molecule has 0 aliphatic carbocycles. The van der Waals surface area contributed by atoms with Gasteiger partial charge in [-0.25, -0.2) is 17.5 Å². The highest BCUT2D eigenvalue weighted by Gasteiger charge is 2.28. The number of nitrogens with one attached hydrogen (secondary N) is 1. The van der Waals surface area contributed by atoms with Gasteiger partial charge in [-0.3, -0.25) is 4.90 Å². The molecule has 24 heavy (non-hydrogen) atoms. The Balaban J connectivity index is 1.51. The molecule has 2 fully saturated rings. The zero-order valence-corrected chi connectivity index (χ0v) is 15.8. The number of sulfonamides is 1. The summed E-state index contributed by atoms with van der Waals surface area (Å²) in [6.45, 7) is 2.50. The fourth-order valence-electron chi connectivity index (χ4n) is 3.29. The van der Waals surface area contributed by atoms with Gasteiger partial charge in [-0.05, 0) is 62.2 Å². The fraction of sp³-hybridized carbons (Fsp3) is 0.625. The van der Waals surface area contributed by atoms with Gasteiger partial charge in [0.1, 0.15) is 5.82 Å². The standard InChI is InChI=1S/C16H22ClFN2O2S2/c17-15-9-14(1-2-16(15)18)24(21,22)19-10-12-3-6-20(7-4-12)13-5-8-23-11-13/h1-2,9,12-13,19H,3-8,10-11H2/t13-/m0/s1. The van der Waals surface area contributed by atoms with E-state index in [4.69, 9.17) is 11.6 Å². The van der Waals surface area contributed by atoms with Crippen LogP contribution in [0.1, 0.15) is 19.3 Å². The molecule has 0 saturated carbocycles. The van der Waals surface area contributed by atoms with Crippen molar-refractivity contribution in [3.8, 4) is 0 Å². The molecule has 0 amide bonds. The van der Waals surface area contributed by atoms with Gasteiger partial charge in [0.15, 0.2) is 0 Å². The predicted molar refractivity (Wildman–Crippen MR) is 96.6 cm³/mol. The van der Waals surface area contributed by atoms with Crippen LogP contribution in [-0.2, 0) is 10.0 Å². The molecule has 1 atom stereocenters. The van der Waals surface area contributed by atoms with Gasteiger partial charge >= 0.3 is 0 Å². The van der Waals surface area contributed by atoms with Crippen molar-refractivity contribution in [3.63, 3.8) is 0 Å². The van der Waals surface area contributed by atoms with Gasteiger partial charge in [0, 0.05) is 18.3 Å². The molecule has 2 heterocycles. The van der Waals surface area contributed by atoms with Crippen LogP contribution in [0, 0.1) is 11.7 Å². The summed E-state index contributed by atoms with van der Waals surface area (Å²) in [5, 5.41) is -0.180. The number of hydrogen-bond acceptors (Lipinski definition) is 4. The Labute approximate surface area is 152 Å². The molecular weight excluding hydrogens is 371 g/mol. The first-order valence-corrected chi connectivity index (χ1v) is 11.2. The Hall–Kier alpha value is -0.340. The van der Waals surface area contributed by atoms with Crippen LogP contribution >= 0.6 is 23.4 Å². The molecule has 0 aromatic heterocycles. The Morgan fingerprint density at radius 3 is 2.67 bits per heavy atom. The molecule has 2 aliphatic rings. The van der Waals surface area contributed by atoms with Crippen LogP contribution in [0.15, 0.2) is 23.1 Å². The minimum Gasteiger partial charge on any atom is -0.300 e. The molecular formula is C16H22ClFN2O2S2. The third-order valence-electron chi connectivity index (χ3n) is 4.83. The number of benzene rings is 1. The Morgan fingerprint density at radius 2 is 2.04 bits per heavy atom.